The van der Waals surface area contributed by atoms with Gasteiger partial charge in [-0.2, -0.15) is 18.3 Å². The molecule has 2 aromatic carbocycles. The minimum Gasteiger partial charge on any atom is -0.452 e. The summed E-state index contributed by atoms with van der Waals surface area (Å²) < 4.78 is 45.2. The lowest BCUT2D eigenvalue weighted by molar-refractivity contribution is -0.137. The number of rotatable bonds is 5. The molecular formula is C18H12ClF3N4O3. The molecule has 0 aliphatic heterocycles. The topological polar surface area (TPSA) is 86.1 Å². The molecule has 3 rings (SSSR count). The summed E-state index contributed by atoms with van der Waals surface area (Å²) in [7, 11) is 0. The second kappa shape index (κ2) is 8.31. The molecule has 0 spiro atoms. The van der Waals surface area contributed by atoms with Gasteiger partial charge in [0.05, 0.1) is 27.5 Å². The third kappa shape index (κ3) is 4.91. The molecule has 150 valence electrons. The number of ether oxygens (including phenoxy) is 1. The number of carbonyl (C=O) groups excluding carboxylic acids is 2. The normalized spacial score (nSPS) is 11.2. The highest BCUT2D eigenvalue weighted by Crippen LogP contribution is 2.33. The van der Waals surface area contributed by atoms with Crippen LogP contribution >= 0.6 is 11.6 Å². The molecule has 1 heterocycles. The Hall–Kier alpha value is -3.40. The Balaban J connectivity index is 1.76. The third-order valence-electron chi connectivity index (χ3n) is 3.69. The van der Waals surface area contributed by atoms with E-state index in [2.05, 4.69) is 15.4 Å². The van der Waals surface area contributed by atoms with Crippen LogP contribution in [-0.4, -0.2) is 33.2 Å². The zero-order valence-corrected chi connectivity index (χ0v) is 15.2. The molecule has 3 aromatic rings. The van der Waals surface area contributed by atoms with Crippen molar-refractivity contribution in [3.63, 3.8) is 0 Å². The summed E-state index contributed by atoms with van der Waals surface area (Å²) in [5.74, 6) is -1.68. The predicted octanol–water partition coefficient (Wildman–Crippen LogP) is 3.74. The molecule has 0 saturated carbocycles. The quantitative estimate of drug-likeness (QED) is 0.631. The van der Waals surface area contributed by atoms with Gasteiger partial charge in [-0.1, -0.05) is 23.7 Å². The van der Waals surface area contributed by atoms with Gasteiger partial charge >= 0.3 is 12.1 Å². The number of nitrogens with zero attached hydrogens (tertiary/aromatic N) is 3. The van der Waals surface area contributed by atoms with Crippen molar-refractivity contribution < 1.29 is 27.5 Å². The Bertz CT molecular complexity index is 1040. The molecular weight excluding hydrogens is 413 g/mol. The van der Waals surface area contributed by atoms with Crippen LogP contribution < -0.4 is 5.32 Å². The van der Waals surface area contributed by atoms with Crippen molar-refractivity contribution in [3.05, 3.63) is 71.3 Å². The summed E-state index contributed by atoms with van der Waals surface area (Å²) in [5, 5.41) is 6.28. The fraction of sp³-hybridized carbons (Fsp3) is 0.111. The molecule has 0 fully saturated rings. The number of nitrogens with one attached hydrogen (secondary N) is 1. The molecule has 0 saturated heterocycles. The Morgan fingerprint density at radius 3 is 2.59 bits per heavy atom. The minimum atomic E-state index is -4.61. The van der Waals surface area contributed by atoms with Gasteiger partial charge in [0, 0.05) is 0 Å². The number of carbonyl (C=O) groups is 2. The molecule has 0 bridgehead atoms. The molecule has 0 aliphatic carbocycles. The smallest absolute Gasteiger partial charge is 0.416 e. The van der Waals surface area contributed by atoms with Gasteiger partial charge in [0.25, 0.3) is 5.91 Å². The van der Waals surface area contributed by atoms with Gasteiger partial charge < -0.3 is 10.1 Å². The van der Waals surface area contributed by atoms with Crippen LogP contribution in [0.15, 0.2) is 55.1 Å². The average Bonchev–Trinajstić information content (AvgIpc) is 3.20. The van der Waals surface area contributed by atoms with Crippen LogP contribution in [-0.2, 0) is 15.7 Å². The molecule has 11 heteroatoms. The second-order valence-electron chi connectivity index (χ2n) is 5.67. The van der Waals surface area contributed by atoms with Gasteiger partial charge in [-0.3, -0.25) is 4.79 Å². The van der Waals surface area contributed by atoms with E-state index in [9.17, 15) is 22.8 Å². The maximum Gasteiger partial charge on any atom is 0.416 e. The maximum atomic E-state index is 13.0. The zero-order chi connectivity index (χ0) is 21.0. The number of hydrogen-bond donors (Lipinski definition) is 1. The van der Waals surface area contributed by atoms with Crippen molar-refractivity contribution in [2.75, 3.05) is 11.9 Å². The van der Waals surface area contributed by atoms with Crippen molar-refractivity contribution in [1.29, 1.82) is 0 Å². The van der Waals surface area contributed by atoms with E-state index in [4.69, 9.17) is 16.3 Å². The summed E-state index contributed by atoms with van der Waals surface area (Å²) in [6, 6.07) is 8.82. The van der Waals surface area contributed by atoms with Crippen LogP contribution in [0.3, 0.4) is 0 Å². The van der Waals surface area contributed by atoms with Gasteiger partial charge in [-0.05, 0) is 30.3 Å². The highest BCUT2D eigenvalue weighted by atomic mass is 35.5. The molecule has 0 unspecified atom stereocenters. The predicted molar refractivity (Wildman–Crippen MR) is 96.7 cm³/mol. The first-order valence-electron chi connectivity index (χ1n) is 8.03. The number of anilines is 1. The molecule has 1 N–H and O–H groups in total. The fourth-order valence-corrected chi connectivity index (χ4v) is 2.58. The first-order chi connectivity index (χ1) is 13.8. The fourth-order valence-electron chi connectivity index (χ4n) is 2.37. The number of halogens is 4. The number of aromatic nitrogens is 3. The van der Waals surface area contributed by atoms with E-state index < -0.39 is 30.2 Å². The van der Waals surface area contributed by atoms with Crippen molar-refractivity contribution >= 4 is 29.2 Å². The van der Waals surface area contributed by atoms with Crippen LogP contribution in [0.4, 0.5) is 18.9 Å². The number of amides is 1. The highest BCUT2D eigenvalue weighted by molar-refractivity contribution is 6.33. The van der Waals surface area contributed by atoms with Gasteiger partial charge in [0.1, 0.15) is 12.7 Å². The molecule has 1 amide bonds. The second-order valence-corrected chi connectivity index (χ2v) is 6.08. The van der Waals surface area contributed by atoms with Crippen LogP contribution in [0.25, 0.3) is 5.69 Å². The lowest BCUT2D eigenvalue weighted by Gasteiger charge is -2.14. The lowest BCUT2D eigenvalue weighted by Crippen LogP contribution is -2.22. The largest absolute Gasteiger partial charge is 0.452 e. The van der Waals surface area contributed by atoms with E-state index >= 15 is 0 Å². The highest BCUT2D eigenvalue weighted by Gasteiger charge is 2.31. The SMILES string of the molecule is O=C(COC(=O)c1ccccc1Cl)Nc1cc(C(F)(F)F)ccc1-n1cncn1. The molecule has 1 aromatic heterocycles. The van der Waals surface area contributed by atoms with Crippen LogP contribution in [0.1, 0.15) is 15.9 Å². The van der Waals surface area contributed by atoms with Crippen LogP contribution in [0.2, 0.25) is 5.02 Å². The monoisotopic (exact) mass is 424 g/mol. The van der Waals surface area contributed by atoms with E-state index in [1.165, 1.54) is 29.5 Å². The van der Waals surface area contributed by atoms with Crippen molar-refractivity contribution in [1.82, 2.24) is 14.8 Å². The first kappa shape index (κ1) is 20.3. The zero-order valence-electron chi connectivity index (χ0n) is 14.5. The van der Waals surface area contributed by atoms with Crippen LogP contribution in [0, 0.1) is 0 Å². The standard InChI is InChI=1S/C18H12ClF3N4O3/c19-13-4-2-1-3-12(13)17(28)29-8-16(27)25-14-7-11(18(20,21)22)5-6-15(14)26-10-23-9-24-26/h1-7,9-10H,8H2,(H,25,27). The molecule has 0 radical (unpaired) electrons. The molecule has 0 aliphatic rings. The Morgan fingerprint density at radius 1 is 1.17 bits per heavy atom. The number of esters is 1. The van der Waals surface area contributed by atoms with E-state index in [1.807, 2.05) is 0 Å². The number of benzene rings is 2. The average molecular weight is 425 g/mol. The van der Waals surface area contributed by atoms with Gasteiger partial charge in [0.15, 0.2) is 6.61 Å². The summed E-state index contributed by atoms with van der Waals surface area (Å²) in [5.41, 5.74) is -0.931. The lowest BCUT2D eigenvalue weighted by atomic mass is 10.1. The van der Waals surface area contributed by atoms with E-state index in [1.54, 1.807) is 12.1 Å². The summed E-state index contributed by atoms with van der Waals surface area (Å²) in [6.07, 6.45) is -2.17. The van der Waals surface area contributed by atoms with Gasteiger partial charge in [-0.15, -0.1) is 0 Å². The summed E-state index contributed by atoms with van der Waals surface area (Å²) >= 11 is 5.88. The third-order valence-corrected chi connectivity index (χ3v) is 4.02. The summed E-state index contributed by atoms with van der Waals surface area (Å²) in [6.45, 7) is -0.725. The summed E-state index contributed by atoms with van der Waals surface area (Å²) in [4.78, 5) is 27.9. The minimum absolute atomic E-state index is 0.0596. The van der Waals surface area contributed by atoms with Crippen molar-refractivity contribution in [3.8, 4) is 5.69 Å². The Kier molecular flexibility index (Phi) is 5.83. The molecule has 0 atom stereocenters. The molecule has 7 nitrogen and oxygen atoms in total. The Morgan fingerprint density at radius 2 is 1.93 bits per heavy atom. The number of hydrogen-bond acceptors (Lipinski definition) is 5. The van der Waals surface area contributed by atoms with Crippen molar-refractivity contribution in [2.45, 2.75) is 6.18 Å². The van der Waals surface area contributed by atoms with Gasteiger partial charge in [0.2, 0.25) is 0 Å². The number of alkyl halides is 3. The van der Waals surface area contributed by atoms with E-state index in [0.717, 1.165) is 18.2 Å². The maximum absolute atomic E-state index is 13.0. The van der Waals surface area contributed by atoms with Crippen LogP contribution in [0.5, 0.6) is 0 Å². The Labute approximate surface area is 167 Å². The first-order valence-corrected chi connectivity index (χ1v) is 8.41. The van der Waals surface area contributed by atoms with Crippen molar-refractivity contribution in [2.24, 2.45) is 0 Å². The molecule has 29 heavy (non-hydrogen) atoms. The van der Waals surface area contributed by atoms with Gasteiger partial charge in [-0.25, -0.2) is 14.5 Å². The van der Waals surface area contributed by atoms with E-state index in [0.29, 0.717) is 0 Å². The van der Waals surface area contributed by atoms with E-state index in [-0.39, 0.29) is 22.0 Å².